The van der Waals surface area contributed by atoms with E-state index in [0.717, 1.165) is 11.9 Å². The third-order valence-electron chi connectivity index (χ3n) is 4.33. The lowest BCUT2D eigenvalue weighted by Gasteiger charge is -2.32. The molecule has 0 aliphatic carbocycles. The summed E-state index contributed by atoms with van der Waals surface area (Å²) in [6, 6.07) is 1.86. The Bertz CT molecular complexity index is 504. The summed E-state index contributed by atoms with van der Waals surface area (Å²) in [5.74, 6) is 0.965. The van der Waals surface area contributed by atoms with Crippen molar-refractivity contribution in [1.29, 1.82) is 0 Å². The van der Waals surface area contributed by atoms with Gasteiger partial charge in [-0.25, -0.2) is 4.98 Å². The molecule has 2 N–H and O–H groups in total. The molecule has 1 saturated heterocycles. The van der Waals surface area contributed by atoms with E-state index in [1.165, 1.54) is 0 Å². The molecule has 0 amide bonds. The molecule has 1 unspecified atom stereocenters. The SMILES string of the molecule is CCC(C)Oc1cc(B2OC(C)(C)C(C)(C)O2)cnc1N. The molecule has 0 aromatic carbocycles. The minimum absolute atomic E-state index is 0.0858. The van der Waals surface area contributed by atoms with E-state index in [9.17, 15) is 0 Å². The van der Waals surface area contributed by atoms with Gasteiger partial charge >= 0.3 is 7.12 Å². The number of hydrogen-bond acceptors (Lipinski definition) is 5. The Morgan fingerprint density at radius 2 is 1.86 bits per heavy atom. The first-order valence-electron chi connectivity index (χ1n) is 7.44. The zero-order chi connectivity index (χ0) is 15.8. The number of pyridine rings is 1. The van der Waals surface area contributed by atoms with Crippen LogP contribution in [0.3, 0.4) is 0 Å². The lowest BCUT2D eigenvalue weighted by atomic mass is 9.80. The normalized spacial score (nSPS) is 21.3. The van der Waals surface area contributed by atoms with Crippen molar-refractivity contribution in [2.75, 3.05) is 5.73 Å². The first-order chi connectivity index (χ1) is 9.66. The van der Waals surface area contributed by atoms with Gasteiger partial charge < -0.3 is 19.8 Å². The summed E-state index contributed by atoms with van der Waals surface area (Å²) >= 11 is 0. The third kappa shape index (κ3) is 3.16. The molecule has 1 aromatic heterocycles. The topological polar surface area (TPSA) is 66.6 Å². The van der Waals surface area contributed by atoms with Crippen molar-refractivity contribution in [3.63, 3.8) is 0 Å². The second-order valence-corrected chi connectivity index (χ2v) is 6.58. The molecule has 0 spiro atoms. The van der Waals surface area contributed by atoms with Gasteiger partial charge in [-0.1, -0.05) is 6.92 Å². The van der Waals surface area contributed by atoms with Crippen molar-refractivity contribution < 1.29 is 14.0 Å². The molecule has 2 rings (SSSR count). The standard InChI is InChI=1S/C15H25BN2O3/c1-7-10(2)19-12-8-11(9-18-13(12)17)16-20-14(3,4)15(5,6)21-16/h8-10H,7H2,1-6H3,(H2,17,18). The number of aromatic nitrogens is 1. The molecule has 6 heteroatoms. The molecule has 0 bridgehead atoms. The van der Waals surface area contributed by atoms with Crippen LogP contribution in [0.5, 0.6) is 5.75 Å². The summed E-state index contributed by atoms with van der Waals surface area (Å²) in [6.07, 6.45) is 2.67. The number of hydrogen-bond donors (Lipinski definition) is 1. The summed E-state index contributed by atoms with van der Waals surface area (Å²) in [5.41, 5.74) is 5.94. The molecule has 1 aromatic rings. The molecular formula is C15H25BN2O3. The first kappa shape index (κ1) is 16.1. The highest BCUT2D eigenvalue weighted by Gasteiger charge is 2.51. The molecule has 116 valence electrons. The van der Waals surface area contributed by atoms with Crippen LogP contribution in [0, 0.1) is 0 Å². The van der Waals surface area contributed by atoms with Gasteiger partial charge in [-0.3, -0.25) is 0 Å². The van der Waals surface area contributed by atoms with Crippen LogP contribution in [0.4, 0.5) is 5.82 Å². The van der Waals surface area contributed by atoms with E-state index in [-0.39, 0.29) is 17.3 Å². The Kier molecular flexibility index (Phi) is 4.22. The molecule has 1 fully saturated rings. The highest BCUT2D eigenvalue weighted by Crippen LogP contribution is 2.36. The average Bonchev–Trinajstić information content (AvgIpc) is 2.61. The van der Waals surface area contributed by atoms with Gasteiger partial charge in [0.25, 0.3) is 0 Å². The largest absolute Gasteiger partial charge is 0.496 e. The number of ether oxygens (including phenoxy) is 1. The minimum Gasteiger partial charge on any atom is -0.487 e. The van der Waals surface area contributed by atoms with E-state index in [4.69, 9.17) is 19.8 Å². The zero-order valence-electron chi connectivity index (χ0n) is 13.8. The van der Waals surface area contributed by atoms with Crippen molar-refractivity contribution in [2.24, 2.45) is 0 Å². The Labute approximate surface area is 127 Å². The maximum absolute atomic E-state index is 6.02. The minimum atomic E-state index is -0.456. The predicted octanol–water partition coefficient (Wildman–Crippen LogP) is 2.14. The van der Waals surface area contributed by atoms with Crippen molar-refractivity contribution in [1.82, 2.24) is 4.98 Å². The van der Waals surface area contributed by atoms with Gasteiger partial charge in [0.2, 0.25) is 0 Å². The number of rotatable bonds is 4. The molecule has 1 aliphatic rings. The quantitative estimate of drug-likeness (QED) is 0.861. The van der Waals surface area contributed by atoms with Gasteiger partial charge in [0, 0.05) is 11.7 Å². The molecule has 1 aliphatic heterocycles. The van der Waals surface area contributed by atoms with E-state index >= 15 is 0 Å². The van der Waals surface area contributed by atoms with Crippen LogP contribution >= 0.6 is 0 Å². The Morgan fingerprint density at radius 1 is 1.29 bits per heavy atom. The van der Waals surface area contributed by atoms with Crippen LogP contribution in [0.2, 0.25) is 0 Å². The lowest BCUT2D eigenvalue weighted by molar-refractivity contribution is 0.00578. The van der Waals surface area contributed by atoms with Crippen molar-refractivity contribution in [3.8, 4) is 5.75 Å². The molecular weight excluding hydrogens is 267 g/mol. The smallest absolute Gasteiger partial charge is 0.487 e. The van der Waals surface area contributed by atoms with Gasteiger partial charge in [-0.2, -0.15) is 0 Å². The number of nitrogens with two attached hydrogens (primary N) is 1. The Balaban J connectivity index is 2.24. The van der Waals surface area contributed by atoms with Crippen molar-refractivity contribution in [2.45, 2.75) is 65.3 Å². The van der Waals surface area contributed by atoms with Crippen molar-refractivity contribution >= 4 is 18.4 Å². The molecule has 2 heterocycles. The molecule has 0 saturated carbocycles. The average molecular weight is 292 g/mol. The Morgan fingerprint density at radius 3 is 2.38 bits per heavy atom. The summed E-state index contributed by atoms with van der Waals surface area (Å²) in [6.45, 7) is 12.2. The Hall–Kier alpha value is -1.27. The van der Waals surface area contributed by atoms with Crippen LogP contribution in [0.15, 0.2) is 12.3 Å². The van der Waals surface area contributed by atoms with Gasteiger partial charge in [0.15, 0.2) is 11.6 Å². The van der Waals surface area contributed by atoms with Crippen LogP contribution < -0.4 is 15.9 Å². The summed E-state index contributed by atoms with van der Waals surface area (Å²) in [4.78, 5) is 4.20. The van der Waals surface area contributed by atoms with Crippen LogP contribution in [-0.2, 0) is 9.31 Å². The second kappa shape index (κ2) is 5.50. The summed E-state index contributed by atoms with van der Waals surface area (Å²) in [5, 5.41) is 0. The highest BCUT2D eigenvalue weighted by molar-refractivity contribution is 6.62. The fraction of sp³-hybridized carbons (Fsp3) is 0.667. The molecule has 5 nitrogen and oxygen atoms in total. The maximum atomic E-state index is 6.02. The van der Waals surface area contributed by atoms with E-state index < -0.39 is 7.12 Å². The summed E-state index contributed by atoms with van der Waals surface area (Å²) in [7, 11) is -0.456. The fourth-order valence-electron chi connectivity index (χ4n) is 1.97. The summed E-state index contributed by atoms with van der Waals surface area (Å²) < 4.78 is 17.8. The predicted molar refractivity (Wildman–Crippen MR) is 84.7 cm³/mol. The first-order valence-corrected chi connectivity index (χ1v) is 7.44. The zero-order valence-corrected chi connectivity index (χ0v) is 13.8. The van der Waals surface area contributed by atoms with Gasteiger partial charge in [-0.05, 0) is 47.1 Å². The second-order valence-electron chi connectivity index (χ2n) is 6.58. The highest BCUT2D eigenvalue weighted by atomic mass is 16.7. The number of nitrogen functional groups attached to an aromatic ring is 1. The number of anilines is 1. The molecule has 0 radical (unpaired) electrons. The van der Waals surface area contributed by atoms with Gasteiger partial charge in [0.1, 0.15) is 0 Å². The lowest BCUT2D eigenvalue weighted by Crippen LogP contribution is -2.41. The van der Waals surface area contributed by atoms with Crippen LogP contribution in [-0.4, -0.2) is 29.4 Å². The van der Waals surface area contributed by atoms with E-state index in [1.807, 2.05) is 40.7 Å². The molecule has 1 atom stereocenters. The van der Waals surface area contributed by atoms with E-state index in [1.54, 1.807) is 6.20 Å². The van der Waals surface area contributed by atoms with E-state index in [2.05, 4.69) is 11.9 Å². The van der Waals surface area contributed by atoms with Crippen LogP contribution in [0.1, 0.15) is 48.0 Å². The van der Waals surface area contributed by atoms with Crippen LogP contribution in [0.25, 0.3) is 0 Å². The van der Waals surface area contributed by atoms with Gasteiger partial charge in [-0.15, -0.1) is 0 Å². The van der Waals surface area contributed by atoms with E-state index in [0.29, 0.717) is 11.6 Å². The molecule has 21 heavy (non-hydrogen) atoms. The monoisotopic (exact) mass is 292 g/mol. The van der Waals surface area contributed by atoms with Gasteiger partial charge in [0.05, 0.1) is 17.3 Å². The fourth-order valence-corrected chi connectivity index (χ4v) is 1.97. The third-order valence-corrected chi connectivity index (χ3v) is 4.33. The maximum Gasteiger partial charge on any atom is 0.496 e. The van der Waals surface area contributed by atoms with Crippen molar-refractivity contribution in [3.05, 3.63) is 12.3 Å². The number of nitrogens with zero attached hydrogens (tertiary/aromatic N) is 1.